The smallest absolute Gasteiger partial charge is 0.462 e. The first-order chi connectivity index (χ1) is 13.2. The number of phosphoric ester groups is 1. The van der Waals surface area contributed by atoms with Gasteiger partial charge in [-0.05, 0) is 12.8 Å². The Kier molecular flexibility index (Phi) is 14.3. The molecule has 2 N–H and O–H groups in total. The van der Waals surface area contributed by atoms with Crippen LogP contribution in [0.1, 0.15) is 46.0 Å². The number of carbonyl (C=O) groups excluding carboxylic acids is 3. The van der Waals surface area contributed by atoms with E-state index in [4.69, 9.17) is 18.5 Å². The highest BCUT2D eigenvalue weighted by Gasteiger charge is 2.25. The molecule has 0 aliphatic carbocycles. The van der Waals surface area contributed by atoms with Crippen LogP contribution >= 0.6 is 7.82 Å². The zero-order valence-corrected chi connectivity index (χ0v) is 17.3. The molecule has 0 saturated heterocycles. The molecule has 0 radical (unpaired) electrons. The number of hydrogen-bond acceptors (Lipinski definition) is 8. The molecule has 0 spiro atoms. The molecule has 10 nitrogen and oxygen atoms in total. The van der Waals surface area contributed by atoms with E-state index in [0.29, 0.717) is 12.8 Å². The molecule has 0 aromatic rings. The number of hydrogen-bond donors (Lipinski definition) is 2. The molecular formula is C17H30NO9P. The second-order valence-electron chi connectivity index (χ2n) is 5.63. The summed E-state index contributed by atoms with van der Waals surface area (Å²) >= 11 is 0. The van der Waals surface area contributed by atoms with E-state index in [0.717, 1.165) is 6.42 Å². The van der Waals surface area contributed by atoms with Gasteiger partial charge in [-0.15, -0.1) is 6.58 Å². The van der Waals surface area contributed by atoms with Gasteiger partial charge < -0.3 is 19.7 Å². The molecule has 2 unspecified atom stereocenters. The summed E-state index contributed by atoms with van der Waals surface area (Å²) in [5.41, 5.74) is 0. The van der Waals surface area contributed by atoms with Crippen LogP contribution in [-0.4, -0.2) is 55.2 Å². The molecule has 28 heavy (non-hydrogen) atoms. The molecule has 0 bridgehead atoms. The highest BCUT2D eigenvalue weighted by atomic mass is 31.2. The van der Waals surface area contributed by atoms with Crippen LogP contribution in [0.25, 0.3) is 0 Å². The van der Waals surface area contributed by atoms with Crippen molar-refractivity contribution in [2.24, 2.45) is 0 Å². The first-order valence-electron chi connectivity index (χ1n) is 9.08. The zero-order chi connectivity index (χ0) is 21.4. The first-order valence-corrected chi connectivity index (χ1v) is 10.6. The average molecular weight is 423 g/mol. The average Bonchev–Trinajstić information content (AvgIpc) is 2.67. The van der Waals surface area contributed by atoms with Gasteiger partial charge in [-0.2, -0.15) is 0 Å². The Hall–Kier alpha value is -1.74. The number of allylic oxidation sites excluding steroid dienone is 1. The van der Waals surface area contributed by atoms with E-state index in [1.807, 2.05) is 0 Å². The van der Waals surface area contributed by atoms with Gasteiger partial charge in [0.1, 0.15) is 6.61 Å². The highest BCUT2D eigenvalue weighted by Crippen LogP contribution is 2.43. The summed E-state index contributed by atoms with van der Waals surface area (Å²) in [6.07, 6.45) is 2.59. The van der Waals surface area contributed by atoms with Crippen molar-refractivity contribution in [3.8, 4) is 0 Å². The van der Waals surface area contributed by atoms with Crippen LogP contribution in [-0.2, 0) is 37.5 Å². The Balaban J connectivity index is 4.28. The van der Waals surface area contributed by atoms with Gasteiger partial charge in [-0.25, -0.2) is 4.57 Å². The van der Waals surface area contributed by atoms with E-state index in [1.165, 1.54) is 0 Å². The Labute approximate surface area is 165 Å². The minimum Gasteiger partial charge on any atom is -0.462 e. The number of esters is 2. The van der Waals surface area contributed by atoms with Crippen molar-refractivity contribution in [3.05, 3.63) is 12.7 Å². The van der Waals surface area contributed by atoms with Crippen molar-refractivity contribution in [3.63, 3.8) is 0 Å². The summed E-state index contributed by atoms with van der Waals surface area (Å²) in [4.78, 5) is 43.8. The van der Waals surface area contributed by atoms with E-state index in [2.05, 4.69) is 11.9 Å². The first kappa shape index (κ1) is 26.3. The van der Waals surface area contributed by atoms with Gasteiger partial charge in [0, 0.05) is 25.8 Å². The number of phosphoric acid groups is 1. The fourth-order valence-electron chi connectivity index (χ4n) is 1.73. The van der Waals surface area contributed by atoms with E-state index in [9.17, 15) is 23.8 Å². The normalized spacial score (nSPS) is 13.8. The molecule has 11 heteroatoms. The fourth-order valence-corrected chi connectivity index (χ4v) is 2.49. The molecule has 0 aromatic heterocycles. The Bertz CT molecular complexity index is 553. The molecule has 0 fully saturated rings. The third kappa shape index (κ3) is 14.3. The molecule has 2 atom stereocenters. The summed E-state index contributed by atoms with van der Waals surface area (Å²) in [6, 6.07) is 0. The van der Waals surface area contributed by atoms with Crippen molar-refractivity contribution in [2.45, 2.75) is 52.1 Å². The van der Waals surface area contributed by atoms with Crippen molar-refractivity contribution >= 4 is 25.7 Å². The Morgan fingerprint density at radius 1 is 1.14 bits per heavy atom. The fraction of sp³-hybridized carbons (Fsp3) is 0.706. The van der Waals surface area contributed by atoms with E-state index < -0.39 is 32.5 Å². The summed E-state index contributed by atoms with van der Waals surface area (Å²) in [5.74, 6) is -1.29. The Morgan fingerprint density at radius 2 is 1.82 bits per heavy atom. The lowest BCUT2D eigenvalue weighted by atomic mass is 10.2. The van der Waals surface area contributed by atoms with E-state index >= 15 is 0 Å². The minimum atomic E-state index is -4.43. The van der Waals surface area contributed by atoms with Gasteiger partial charge in [-0.1, -0.05) is 19.9 Å². The van der Waals surface area contributed by atoms with Crippen LogP contribution in [0, 0.1) is 0 Å². The third-order valence-electron chi connectivity index (χ3n) is 3.22. The molecule has 0 heterocycles. The van der Waals surface area contributed by atoms with Gasteiger partial charge in [0.15, 0.2) is 6.10 Å². The molecule has 0 aliphatic heterocycles. The van der Waals surface area contributed by atoms with Gasteiger partial charge in [-0.3, -0.25) is 23.4 Å². The molecule has 0 aromatic carbocycles. The van der Waals surface area contributed by atoms with Crippen LogP contribution in [0.3, 0.4) is 0 Å². The summed E-state index contributed by atoms with van der Waals surface area (Å²) in [5, 5.41) is 2.54. The second kappa shape index (κ2) is 15.2. The van der Waals surface area contributed by atoms with E-state index in [1.54, 1.807) is 19.9 Å². The number of ether oxygens (including phenoxy) is 2. The van der Waals surface area contributed by atoms with Crippen molar-refractivity contribution in [1.29, 1.82) is 0 Å². The van der Waals surface area contributed by atoms with Gasteiger partial charge >= 0.3 is 19.8 Å². The number of amides is 1. The predicted molar refractivity (Wildman–Crippen MR) is 100 cm³/mol. The third-order valence-corrected chi connectivity index (χ3v) is 4.20. The monoisotopic (exact) mass is 423 g/mol. The maximum Gasteiger partial charge on any atom is 0.472 e. The highest BCUT2D eigenvalue weighted by molar-refractivity contribution is 7.47. The number of rotatable bonds is 16. The molecule has 162 valence electrons. The van der Waals surface area contributed by atoms with Crippen molar-refractivity contribution in [2.75, 3.05) is 26.4 Å². The zero-order valence-electron chi connectivity index (χ0n) is 16.4. The summed E-state index contributed by atoms with van der Waals surface area (Å²) < 4.78 is 31.3. The largest absolute Gasteiger partial charge is 0.472 e. The number of unbranched alkanes of at least 4 members (excludes halogenated alkanes) is 1. The number of nitrogens with one attached hydrogen (secondary N) is 1. The van der Waals surface area contributed by atoms with Crippen LogP contribution in [0.4, 0.5) is 0 Å². The molecular weight excluding hydrogens is 393 g/mol. The summed E-state index contributed by atoms with van der Waals surface area (Å²) in [7, 11) is -4.43. The van der Waals surface area contributed by atoms with E-state index in [-0.39, 0.29) is 38.5 Å². The molecule has 0 aliphatic rings. The number of carbonyl (C=O) groups is 3. The minimum absolute atomic E-state index is 0.0309. The SMILES string of the molecule is C=CCCCC(=O)NCCOP(=O)(O)OCC(COC(=O)CC)OC(=O)CC. The quantitative estimate of drug-likeness (QED) is 0.165. The standard InChI is InChI=1S/C17H30NO9P/c1-4-7-8-9-15(19)18-10-11-25-28(22,23)26-13-14(27-17(21)6-3)12-24-16(20)5-2/h4,14H,1,5-13H2,2-3H3,(H,18,19)(H,22,23). The predicted octanol–water partition coefficient (Wildman–Crippen LogP) is 1.87. The molecule has 0 rings (SSSR count). The van der Waals surface area contributed by atoms with Gasteiger partial charge in [0.25, 0.3) is 0 Å². The van der Waals surface area contributed by atoms with Crippen LogP contribution in [0.5, 0.6) is 0 Å². The topological polar surface area (TPSA) is 137 Å². The lowest BCUT2D eigenvalue weighted by molar-refractivity contribution is -0.160. The van der Waals surface area contributed by atoms with Crippen LogP contribution in [0.2, 0.25) is 0 Å². The maximum absolute atomic E-state index is 11.9. The van der Waals surface area contributed by atoms with Gasteiger partial charge in [0.05, 0.1) is 13.2 Å². The lowest BCUT2D eigenvalue weighted by Gasteiger charge is -2.19. The van der Waals surface area contributed by atoms with Crippen LogP contribution in [0.15, 0.2) is 12.7 Å². The lowest BCUT2D eigenvalue weighted by Crippen LogP contribution is -2.29. The molecule has 1 amide bonds. The Morgan fingerprint density at radius 3 is 2.43 bits per heavy atom. The van der Waals surface area contributed by atoms with Crippen LogP contribution < -0.4 is 5.32 Å². The van der Waals surface area contributed by atoms with Gasteiger partial charge in [0.2, 0.25) is 5.91 Å². The second-order valence-corrected chi connectivity index (χ2v) is 7.08. The molecule has 0 saturated carbocycles. The van der Waals surface area contributed by atoms with Crippen molar-refractivity contribution in [1.82, 2.24) is 5.32 Å². The summed E-state index contributed by atoms with van der Waals surface area (Å²) in [6.45, 7) is 5.71. The maximum atomic E-state index is 11.9. The van der Waals surface area contributed by atoms with Crippen molar-refractivity contribution < 1.29 is 42.4 Å².